The molecule has 1 aliphatic rings. The van der Waals surface area contributed by atoms with Gasteiger partial charge in [-0.25, -0.2) is 4.98 Å². The quantitative estimate of drug-likeness (QED) is 0.858. The van der Waals surface area contributed by atoms with Crippen molar-refractivity contribution in [2.24, 2.45) is 5.92 Å². The van der Waals surface area contributed by atoms with Gasteiger partial charge < -0.3 is 10.2 Å². The van der Waals surface area contributed by atoms with Crippen molar-refractivity contribution in [3.63, 3.8) is 0 Å². The van der Waals surface area contributed by atoms with E-state index in [0.29, 0.717) is 5.92 Å². The van der Waals surface area contributed by atoms with Crippen LogP contribution in [0, 0.1) is 5.92 Å². The molecule has 5 heteroatoms. The molecule has 2 aromatic heterocycles. The molecule has 0 spiro atoms. The molecule has 0 atom stereocenters. The summed E-state index contributed by atoms with van der Waals surface area (Å²) in [5, 5.41) is 7.04. The van der Waals surface area contributed by atoms with Crippen LogP contribution in [0.1, 0.15) is 18.4 Å². The molecule has 120 valence electrons. The average molecular weight is 327 g/mol. The first-order valence-corrected chi connectivity index (χ1v) is 8.89. The van der Waals surface area contributed by atoms with E-state index in [-0.39, 0.29) is 5.91 Å². The van der Waals surface area contributed by atoms with E-state index in [1.807, 2.05) is 41.2 Å². The number of piperidine rings is 1. The molecule has 3 rings (SSSR count). The molecule has 3 heterocycles. The number of aromatic nitrogens is 1. The number of amides is 1. The van der Waals surface area contributed by atoms with Gasteiger partial charge in [0, 0.05) is 31.9 Å². The molecule has 1 N–H and O–H groups in total. The first-order valence-electron chi connectivity index (χ1n) is 7.95. The second-order valence-electron chi connectivity index (χ2n) is 5.75. The summed E-state index contributed by atoms with van der Waals surface area (Å²) in [4.78, 5) is 18.6. The number of hydrogen-bond acceptors (Lipinski definition) is 4. The zero-order valence-electron chi connectivity index (χ0n) is 13.0. The Balaban J connectivity index is 1.40. The van der Waals surface area contributed by atoms with Gasteiger partial charge in [-0.3, -0.25) is 4.79 Å². The minimum atomic E-state index is -0.0108. The van der Waals surface area contributed by atoms with Gasteiger partial charge in [0.05, 0.1) is 0 Å². The summed E-state index contributed by atoms with van der Waals surface area (Å²) in [6, 6.07) is 8.02. The normalized spacial score (nSPS) is 15.9. The van der Waals surface area contributed by atoms with Gasteiger partial charge in [0.2, 0.25) is 5.91 Å². The van der Waals surface area contributed by atoms with E-state index in [2.05, 4.69) is 21.3 Å². The molecule has 0 radical (unpaired) electrons. The van der Waals surface area contributed by atoms with Crippen molar-refractivity contribution in [2.45, 2.75) is 12.8 Å². The summed E-state index contributed by atoms with van der Waals surface area (Å²) in [6.07, 6.45) is 7.48. The van der Waals surface area contributed by atoms with E-state index >= 15 is 0 Å². The van der Waals surface area contributed by atoms with Crippen LogP contribution >= 0.6 is 11.3 Å². The molecule has 0 aromatic carbocycles. The Kier molecular flexibility index (Phi) is 5.42. The van der Waals surface area contributed by atoms with Crippen LogP contribution in [0.15, 0.2) is 47.3 Å². The zero-order valence-corrected chi connectivity index (χ0v) is 13.8. The van der Waals surface area contributed by atoms with Crippen molar-refractivity contribution >= 4 is 29.1 Å². The van der Waals surface area contributed by atoms with Crippen LogP contribution in [0.2, 0.25) is 0 Å². The molecule has 2 aromatic rings. The van der Waals surface area contributed by atoms with Crippen LogP contribution < -0.4 is 10.2 Å². The first kappa shape index (κ1) is 15.7. The average Bonchev–Trinajstić information content (AvgIpc) is 3.13. The molecule has 0 bridgehead atoms. The van der Waals surface area contributed by atoms with E-state index < -0.39 is 0 Å². The van der Waals surface area contributed by atoms with E-state index in [4.69, 9.17) is 0 Å². The summed E-state index contributed by atoms with van der Waals surface area (Å²) in [6.45, 7) is 2.76. The Bertz CT molecular complexity index is 632. The van der Waals surface area contributed by atoms with Gasteiger partial charge in [-0.05, 0) is 59.4 Å². The van der Waals surface area contributed by atoms with Gasteiger partial charge in [-0.15, -0.1) is 0 Å². The molecule has 1 saturated heterocycles. The molecular formula is C18H21N3OS. The molecule has 0 aliphatic carbocycles. The number of rotatable bonds is 5. The van der Waals surface area contributed by atoms with Crippen molar-refractivity contribution in [3.8, 4) is 0 Å². The second-order valence-corrected chi connectivity index (χ2v) is 6.53. The van der Waals surface area contributed by atoms with Crippen LogP contribution in [0.4, 0.5) is 5.82 Å². The minimum absolute atomic E-state index is 0.0108. The Labute approximate surface area is 140 Å². The monoisotopic (exact) mass is 327 g/mol. The largest absolute Gasteiger partial charge is 0.357 e. The minimum Gasteiger partial charge on any atom is -0.357 e. The summed E-state index contributed by atoms with van der Waals surface area (Å²) >= 11 is 1.63. The van der Waals surface area contributed by atoms with Crippen molar-refractivity contribution in [1.29, 1.82) is 0 Å². The van der Waals surface area contributed by atoms with E-state index in [9.17, 15) is 4.79 Å². The highest BCUT2D eigenvalue weighted by Crippen LogP contribution is 2.20. The van der Waals surface area contributed by atoms with Gasteiger partial charge in [0.25, 0.3) is 0 Å². The summed E-state index contributed by atoms with van der Waals surface area (Å²) in [5.41, 5.74) is 1.08. The smallest absolute Gasteiger partial charge is 0.244 e. The maximum absolute atomic E-state index is 11.9. The van der Waals surface area contributed by atoms with Gasteiger partial charge in [0.1, 0.15) is 5.82 Å². The topological polar surface area (TPSA) is 45.2 Å². The SMILES string of the molecule is O=C(/C=C/c1ccsc1)NCC1CCN(c2ccccn2)CC1. The second kappa shape index (κ2) is 7.92. The third-order valence-corrected chi connectivity index (χ3v) is 4.82. The third kappa shape index (κ3) is 4.66. The zero-order chi connectivity index (χ0) is 15.9. The fourth-order valence-corrected chi connectivity index (χ4v) is 3.38. The number of thiophene rings is 1. The summed E-state index contributed by atoms with van der Waals surface area (Å²) in [7, 11) is 0. The van der Waals surface area contributed by atoms with E-state index in [0.717, 1.165) is 43.9 Å². The predicted octanol–water partition coefficient (Wildman–Crippen LogP) is 3.19. The summed E-state index contributed by atoms with van der Waals surface area (Å²) < 4.78 is 0. The van der Waals surface area contributed by atoms with Crippen LogP contribution in [0.25, 0.3) is 6.08 Å². The number of nitrogens with one attached hydrogen (secondary N) is 1. The van der Waals surface area contributed by atoms with Crippen molar-refractivity contribution < 1.29 is 4.79 Å². The lowest BCUT2D eigenvalue weighted by atomic mass is 9.97. The van der Waals surface area contributed by atoms with Crippen molar-refractivity contribution in [1.82, 2.24) is 10.3 Å². The highest BCUT2D eigenvalue weighted by molar-refractivity contribution is 7.08. The van der Waals surface area contributed by atoms with E-state index in [1.54, 1.807) is 17.4 Å². The third-order valence-electron chi connectivity index (χ3n) is 4.12. The number of carbonyl (C=O) groups excluding carboxylic acids is 1. The lowest BCUT2D eigenvalue weighted by molar-refractivity contribution is -0.116. The Morgan fingerprint density at radius 3 is 2.91 bits per heavy atom. The van der Waals surface area contributed by atoms with Gasteiger partial charge in [-0.2, -0.15) is 11.3 Å². The molecule has 0 saturated carbocycles. The molecule has 23 heavy (non-hydrogen) atoms. The number of nitrogens with zero attached hydrogens (tertiary/aromatic N) is 2. The highest BCUT2D eigenvalue weighted by atomic mass is 32.1. The fourth-order valence-electron chi connectivity index (χ4n) is 2.75. The van der Waals surface area contributed by atoms with Crippen molar-refractivity contribution in [3.05, 3.63) is 52.9 Å². The van der Waals surface area contributed by atoms with E-state index in [1.165, 1.54) is 0 Å². The highest BCUT2D eigenvalue weighted by Gasteiger charge is 2.20. The Morgan fingerprint density at radius 2 is 2.22 bits per heavy atom. The van der Waals surface area contributed by atoms with Crippen LogP contribution in [-0.4, -0.2) is 30.5 Å². The fraction of sp³-hybridized carbons (Fsp3) is 0.333. The number of carbonyl (C=O) groups is 1. The molecule has 1 aliphatic heterocycles. The predicted molar refractivity (Wildman–Crippen MR) is 95.5 cm³/mol. The molecular weight excluding hydrogens is 306 g/mol. The number of anilines is 1. The Hall–Kier alpha value is -2.14. The standard InChI is InChI=1S/C18H21N3OS/c22-18(5-4-16-8-12-23-14-16)20-13-15-6-10-21(11-7-15)17-3-1-2-9-19-17/h1-5,8-9,12,14-15H,6-7,10-11,13H2,(H,20,22)/b5-4+. The van der Waals surface area contributed by atoms with Gasteiger partial charge >= 0.3 is 0 Å². The maximum Gasteiger partial charge on any atom is 0.244 e. The number of pyridine rings is 1. The van der Waals surface area contributed by atoms with Crippen molar-refractivity contribution in [2.75, 3.05) is 24.5 Å². The number of hydrogen-bond donors (Lipinski definition) is 1. The molecule has 1 fully saturated rings. The molecule has 0 unspecified atom stereocenters. The van der Waals surface area contributed by atoms with Gasteiger partial charge in [0.15, 0.2) is 0 Å². The lowest BCUT2D eigenvalue weighted by Crippen LogP contribution is -2.38. The van der Waals surface area contributed by atoms with Gasteiger partial charge in [-0.1, -0.05) is 6.07 Å². The Morgan fingerprint density at radius 1 is 1.35 bits per heavy atom. The lowest BCUT2D eigenvalue weighted by Gasteiger charge is -2.32. The molecule has 4 nitrogen and oxygen atoms in total. The molecule has 1 amide bonds. The van der Waals surface area contributed by atoms with Crippen LogP contribution in [0.5, 0.6) is 0 Å². The first-order chi connectivity index (χ1) is 11.3. The summed E-state index contributed by atoms with van der Waals surface area (Å²) in [5.74, 6) is 1.59. The van der Waals surface area contributed by atoms with Crippen LogP contribution in [-0.2, 0) is 4.79 Å². The maximum atomic E-state index is 11.9. The van der Waals surface area contributed by atoms with Crippen LogP contribution in [0.3, 0.4) is 0 Å².